The number of aromatic nitrogens is 1. The van der Waals surface area contributed by atoms with Crippen LogP contribution in [0.3, 0.4) is 0 Å². The molecule has 3 heterocycles. The number of nitrogens with zero attached hydrogens (tertiary/aromatic N) is 2. The number of halogens is 1. The van der Waals surface area contributed by atoms with Crippen molar-refractivity contribution in [1.29, 1.82) is 0 Å². The summed E-state index contributed by atoms with van der Waals surface area (Å²) in [5, 5.41) is 0.422. The normalized spacial score (nSPS) is 14.7. The molecule has 43 heavy (non-hydrogen) atoms. The number of rotatable bonds is 9. The topological polar surface area (TPSA) is 109 Å². The van der Waals surface area contributed by atoms with Crippen molar-refractivity contribution in [2.24, 2.45) is 4.99 Å². The maximum Gasteiger partial charge on any atom is 0.338 e. The molecule has 0 radical (unpaired) electrons. The minimum atomic E-state index is -0.883. The number of allylic oxidation sites excluding steroid dienone is 1. The molecule has 0 spiro atoms. The fourth-order valence-electron chi connectivity index (χ4n) is 5.02. The molecule has 4 aromatic rings. The van der Waals surface area contributed by atoms with Gasteiger partial charge in [-0.15, -0.1) is 0 Å². The lowest BCUT2D eigenvalue weighted by molar-refractivity contribution is -0.139. The molecule has 0 saturated carbocycles. The molecule has 1 atom stereocenters. The Hall–Kier alpha value is -4.41. The Bertz CT molecular complexity index is 1920. The minimum Gasteiger partial charge on any atom is -0.496 e. The van der Waals surface area contributed by atoms with Gasteiger partial charge in [0.2, 0.25) is 0 Å². The standard InChI is InChI=1S/C32H29ClN2O7S/c1-5-9-23-27(31(38)41-6-2)28(22-16-18(33)12-14-24(22)39-3)35-29(36)26(43-32(35)34-23)17-19-13-15-25(42-19)20-10-7-8-11-21(20)30(37)40-4/h7-8,10-17,28H,5-6,9H2,1-4H3/b26-17-/t28-/m1/s1. The number of ether oxygens (including phenoxy) is 3. The zero-order valence-corrected chi connectivity index (χ0v) is 25.6. The van der Waals surface area contributed by atoms with Crippen LogP contribution in [0.4, 0.5) is 0 Å². The van der Waals surface area contributed by atoms with E-state index in [2.05, 4.69) is 0 Å². The number of hydrogen-bond acceptors (Lipinski definition) is 9. The van der Waals surface area contributed by atoms with Crippen LogP contribution in [-0.4, -0.2) is 37.3 Å². The number of benzene rings is 2. The van der Waals surface area contributed by atoms with Gasteiger partial charge in [-0.1, -0.05) is 54.5 Å². The van der Waals surface area contributed by atoms with Crippen LogP contribution in [-0.2, 0) is 14.3 Å². The summed E-state index contributed by atoms with van der Waals surface area (Å²) in [6.07, 6.45) is 2.84. The zero-order chi connectivity index (χ0) is 30.7. The monoisotopic (exact) mass is 620 g/mol. The summed E-state index contributed by atoms with van der Waals surface area (Å²) < 4.78 is 23.9. The zero-order valence-electron chi connectivity index (χ0n) is 24.0. The third-order valence-electron chi connectivity index (χ3n) is 6.88. The number of thiazole rings is 1. The van der Waals surface area contributed by atoms with Gasteiger partial charge in [0.15, 0.2) is 4.80 Å². The van der Waals surface area contributed by atoms with Crippen LogP contribution in [0.1, 0.15) is 54.4 Å². The highest BCUT2D eigenvalue weighted by atomic mass is 35.5. The second-order valence-electron chi connectivity index (χ2n) is 9.54. The van der Waals surface area contributed by atoms with Crippen molar-refractivity contribution in [1.82, 2.24) is 4.57 Å². The molecule has 11 heteroatoms. The molecule has 2 aromatic heterocycles. The van der Waals surface area contributed by atoms with Crippen molar-refractivity contribution in [2.45, 2.75) is 32.7 Å². The molecule has 0 saturated heterocycles. The van der Waals surface area contributed by atoms with E-state index in [-0.39, 0.29) is 17.7 Å². The smallest absolute Gasteiger partial charge is 0.338 e. The molecule has 222 valence electrons. The Morgan fingerprint density at radius 3 is 2.60 bits per heavy atom. The van der Waals surface area contributed by atoms with Crippen molar-refractivity contribution in [3.05, 3.63) is 107 Å². The van der Waals surface area contributed by atoms with E-state index in [1.165, 1.54) is 30.1 Å². The maximum absolute atomic E-state index is 14.1. The molecular weight excluding hydrogens is 592 g/mol. The van der Waals surface area contributed by atoms with Gasteiger partial charge in [0.25, 0.3) is 5.56 Å². The van der Waals surface area contributed by atoms with Gasteiger partial charge in [0, 0.05) is 22.2 Å². The van der Waals surface area contributed by atoms with Crippen molar-refractivity contribution in [3.63, 3.8) is 0 Å². The van der Waals surface area contributed by atoms with E-state index in [4.69, 9.17) is 35.2 Å². The molecule has 9 nitrogen and oxygen atoms in total. The Kier molecular flexibility index (Phi) is 8.98. The number of carbonyl (C=O) groups is 2. The Balaban J connectivity index is 1.70. The SMILES string of the molecule is CCCC1=C(C(=O)OCC)[C@@H](c2cc(Cl)ccc2OC)n2c(s/c(=C\c3ccc(-c4ccccc4C(=O)OC)o3)c2=O)=N1. The van der Waals surface area contributed by atoms with Gasteiger partial charge in [0.05, 0.1) is 42.2 Å². The lowest BCUT2D eigenvalue weighted by Crippen LogP contribution is -2.40. The summed E-state index contributed by atoms with van der Waals surface area (Å²) in [7, 11) is 2.84. The van der Waals surface area contributed by atoms with Gasteiger partial charge >= 0.3 is 11.9 Å². The number of furan rings is 1. The summed E-state index contributed by atoms with van der Waals surface area (Å²) in [6.45, 7) is 3.87. The fraction of sp³-hybridized carbons (Fsp3) is 0.250. The van der Waals surface area contributed by atoms with Gasteiger partial charge in [0.1, 0.15) is 23.3 Å². The highest BCUT2D eigenvalue weighted by molar-refractivity contribution is 7.07. The van der Waals surface area contributed by atoms with E-state index >= 15 is 0 Å². The third kappa shape index (κ3) is 5.80. The predicted octanol–water partition coefficient (Wildman–Crippen LogP) is 5.29. The number of esters is 2. The highest BCUT2D eigenvalue weighted by Crippen LogP contribution is 2.38. The number of hydrogen-bond donors (Lipinski definition) is 0. The van der Waals surface area contributed by atoms with E-state index in [0.29, 0.717) is 60.4 Å². The fourth-order valence-corrected chi connectivity index (χ4v) is 6.20. The summed E-state index contributed by atoms with van der Waals surface area (Å²) >= 11 is 7.59. The van der Waals surface area contributed by atoms with Gasteiger partial charge in [-0.2, -0.15) is 0 Å². The largest absolute Gasteiger partial charge is 0.496 e. The van der Waals surface area contributed by atoms with Gasteiger partial charge in [-0.25, -0.2) is 14.6 Å². The molecule has 0 aliphatic carbocycles. The van der Waals surface area contributed by atoms with E-state index in [1.807, 2.05) is 6.92 Å². The lowest BCUT2D eigenvalue weighted by atomic mass is 9.93. The van der Waals surface area contributed by atoms with Crippen LogP contribution < -0.4 is 19.6 Å². The Labute approximate surface area is 256 Å². The van der Waals surface area contributed by atoms with Gasteiger partial charge in [-0.05, 0) is 49.7 Å². The first-order valence-electron chi connectivity index (χ1n) is 13.6. The number of fused-ring (bicyclic) bond motifs is 1. The summed E-state index contributed by atoms with van der Waals surface area (Å²) in [6, 6.07) is 14.6. The van der Waals surface area contributed by atoms with E-state index in [0.717, 1.165) is 6.42 Å². The lowest BCUT2D eigenvalue weighted by Gasteiger charge is -2.27. The van der Waals surface area contributed by atoms with Crippen LogP contribution in [0.2, 0.25) is 5.02 Å². The van der Waals surface area contributed by atoms with Crippen LogP contribution in [0.15, 0.2) is 80.1 Å². The molecular formula is C32H29ClN2O7S. The molecule has 5 rings (SSSR count). The summed E-state index contributed by atoms with van der Waals surface area (Å²) in [4.78, 5) is 45.0. The second-order valence-corrected chi connectivity index (χ2v) is 11.0. The highest BCUT2D eigenvalue weighted by Gasteiger charge is 2.36. The molecule has 0 fully saturated rings. The van der Waals surface area contributed by atoms with Gasteiger partial charge < -0.3 is 18.6 Å². The quantitative estimate of drug-likeness (QED) is 0.234. The van der Waals surface area contributed by atoms with Crippen LogP contribution in [0, 0.1) is 0 Å². The second kappa shape index (κ2) is 12.8. The average molecular weight is 621 g/mol. The maximum atomic E-state index is 14.1. The first-order valence-corrected chi connectivity index (χ1v) is 14.8. The van der Waals surface area contributed by atoms with Crippen LogP contribution >= 0.6 is 22.9 Å². The minimum absolute atomic E-state index is 0.158. The Morgan fingerprint density at radius 1 is 1.09 bits per heavy atom. The van der Waals surface area contributed by atoms with E-state index in [1.54, 1.807) is 67.6 Å². The molecule has 2 aromatic carbocycles. The number of carbonyl (C=O) groups excluding carboxylic acids is 2. The predicted molar refractivity (Wildman–Crippen MR) is 163 cm³/mol. The average Bonchev–Trinajstić information content (AvgIpc) is 3.60. The summed E-state index contributed by atoms with van der Waals surface area (Å²) in [5.41, 5.74) is 1.89. The molecule has 0 amide bonds. The van der Waals surface area contributed by atoms with Crippen molar-refractivity contribution >= 4 is 41.0 Å². The van der Waals surface area contributed by atoms with E-state index < -0.39 is 18.0 Å². The van der Waals surface area contributed by atoms with Crippen LogP contribution in [0.25, 0.3) is 17.4 Å². The first kappa shape index (κ1) is 30.1. The third-order valence-corrected chi connectivity index (χ3v) is 8.09. The van der Waals surface area contributed by atoms with Crippen molar-refractivity contribution in [3.8, 4) is 17.1 Å². The van der Waals surface area contributed by atoms with E-state index in [9.17, 15) is 14.4 Å². The molecule has 0 bridgehead atoms. The first-order chi connectivity index (χ1) is 20.8. The van der Waals surface area contributed by atoms with Gasteiger partial charge in [-0.3, -0.25) is 9.36 Å². The summed E-state index contributed by atoms with van der Waals surface area (Å²) in [5.74, 6) is 0.254. The molecule has 0 N–H and O–H groups in total. The molecule has 0 unspecified atom stereocenters. The Morgan fingerprint density at radius 2 is 1.88 bits per heavy atom. The van der Waals surface area contributed by atoms with Crippen LogP contribution in [0.5, 0.6) is 5.75 Å². The molecule has 1 aliphatic rings. The number of methoxy groups -OCH3 is 2. The molecule has 1 aliphatic heterocycles. The van der Waals surface area contributed by atoms with Crippen molar-refractivity contribution < 1.29 is 28.2 Å². The van der Waals surface area contributed by atoms with Crippen molar-refractivity contribution in [2.75, 3.05) is 20.8 Å².